The summed E-state index contributed by atoms with van der Waals surface area (Å²) in [4.78, 5) is 12.7. The fraction of sp³-hybridized carbons (Fsp3) is 0.471. The van der Waals surface area contributed by atoms with Crippen molar-refractivity contribution in [3.05, 3.63) is 47.3 Å². The number of benzene rings is 1. The molecule has 1 aromatic carbocycles. The molecule has 23 heavy (non-hydrogen) atoms. The average Bonchev–Trinajstić information content (AvgIpc) is 2.88. The molecule has 6 heteroatoms. The molecule has 0 spiro atoms. The third kappa shape index (κ3) is 2.98. The molecule has 3 rings (SSSR count). The Morgan fingerprint density at radius 1 is 1.39 bits per heavy atom. The number of fused-ring (bicyclic) bond motifs is 1. The van der Waals surface area contributed by atoms with Crippen molar-refractivity contribution in [1.29, 1.82) is 0 Å². The SMILES string of the molecule is Cc1nnc2n1C[C@@H](NC(=O)C(C)(C)c1cccc(F)c1)CC2. The van der Waals surface area contributed by atoms with E-state index in [1.165, 1.54) is 12.1 Å². The van der Waals surface area contributed by atoms with Crippen molar-refractivity contribution in [2.75, 3.05) is 0 Å². The normalized spacial score (nSPS) is 17.7. The van der Waals surface area contributed by atoms with Crippen LogP contribution in [0.1, 0.15) is 37.5 Å². The number of aryl methyl sites for hydroxylation is 2. The van der Waals surface area contributed by atoms with Crippen LogP contribution < -0.4 is 5.32 Å². The van der Waals surface area contributed by atoms with Crippen molar-refractivity contribution >= 4 is 5.91 Å². The number of halogens is 1. The molecule has 0 unspecified atom stereocenters. The molecule has 2 aromatic rings. The molecule has 1 aliphatic heterocycles. The van der Waals surface area contributed by atoms with Gasteiger partial charge in [0.2, 0.25) is 5.91 Å². The van der Waals surface area contributed by atoms with Crippen molar-refractivity contribution in [1.82, 2.24) is 20.1 Å². The highest BCUT2D eigenvalue weighted by molar-refractivity contribution is 5.87. The lowest BCUT2D eigenvalue weighted by atomic mass is 9.83. The predicted molar refractivity (Wildman–Crippen MR) is 84.4 cm³/mol. The van der Waals surface area contributed by atoms with Gasteiger partial charge in [-0.3, -0.25) is 4.79 Å². The second kappa shape index (κ2) is 5.76. The summed E-state index contributed by atoms with van der Waals surface area (Å²) >= 11 is 0. The minimum atomic E-state index is -0.787. The van der Waals surface area contributed by atoms with Gasteiger partial charge < -0.3 is 9.88 Å². The Labute approximate surface area is 134 Å². The highest BCUT2D eigenvalue weighted by Crippen LogP contribution is 2.25. The van der Waals surface area contributed by atoms with E-state index in [0.29, 0.717) is 12.1 Å². The quantitative estimate of drug-likeness (QED) is 0.944. The van der Waals surface area contributed by atoms with Crippen molar-refractivity contribution in [2.45, 2.75) is 51.6 Å². The Morgan fingerprint density at radius 2 is 2.17 bits per heavy atom. The standard InChI is InChI=1S/C17H21FN4O/c1-11-20-21-15-8-7-14(10-22(11)15)19-16(23)17(2,3)12-5-4-6-13(18)9-12/h4-6,9,14H,7-8,10H2,1-3H3,(H,19,23)/t14-/m0/s1. The molecule has 5 nitrogen and oxygen atoms in total. The van der Waals surface area contributed by atoms with Crippen molar-refractivity contribution in [3.8, 4) is 0 Å². The molecule has 1 atom stereocenters. The first-order chi connectivity index (χ1) is 10.9. The van der Waals surface area contributed by atoms with Crippen molar-refractivity contribution in [2.24, 2.45) is 0 Å². The summed E-state index contributed by atoms with van der Waals surface area (Å²) in [6.45, 7) is 6.22. The molecular weight excluding hydrogens is 295 g/mol. The molecular formula is C17H21FN4O. The van der Waals surface area contributed by atoms with E-state index in [1.807, 2.05) is 25.3 Å². The zero-order chi connectivity index (χ0) is 16.6. The second-order valence-electron chi connectivity index (χ2n) is 6.62. The molecule has 1 N–H and O–H groups in total. The number of carbonyl (C=O) groups excluding carboxylic acids is 1. The van der Waals surface area contributed by atoms with Gasteiger partial charge in [-0.15, -0.1) is 10.2 Å². The molecule has 0 fully saturated rings. The summed E-state index contributed by atoms with van der Waals surface area (Å²) in [6.07, 6.45) is 1.63. The monoisotopic (exact) mass is 316 g/mol. The maximum atomic E-state index is 13.4. The first-order valence-electron chi connectivity index (χ1n) is 7.83. The van der Waals surface area contributed by atoms with E-state index in [2.05, 4.69) is 15.5 Å². The fourth-order valence-electron chi connectivity index (χ4n) is 2.95. The first kappa shape index (κ1) is 15.6. The number of rotatable bonds is 3. The first-order valence-corrected chi connectivity index (χ1v) is 7.83. The van der Waals surface area contributed by atoms with Gasteiger partial charge in [0.1, 0.15) is 17.5 Å². The van der Waals surface area contributed by atoms with Crippen LogP contribution in [0.4, 0.5) is 4.39 Å². The molecule has 122 valence electrons. The lowest BCUT2D eigenvalue weighted by Gasteiger charge is -2.30. The molecule has 0 radical (unpaired) electrons. The van der Waals surface area contributed by atoms with Crippen LogP contribution in [0.3, 0.4) is 0 Å². The van der Waals surface area contributed by atoms with Gasteiger partial charge in [-0.1, -0.05) is 12.1 Å². The van der Waals surface area contributed by atoms with Crippen LogP contribution in [0.15, 0.2) is 24.3 Å². The zero-order valence-corrected chi connectivity index (χ0v) is 13.6. The lowest BCUT2D eigenvalue weighted by Crippen LogP contribution is -2.48. The summed E-state index contributed by atoms with van der Waals surface area (Å²) in [7, 11) is 0. The van der Waals surface area contributed by atoms with E-state index in [9.17, 15) is 9.18 Å². The summed E-state index contributed by atoms with van der Waals surface area (Å²) in [5.74, 6) is 1.41. The van der Waals surface area contributed by atoms with Crippen molar-refractivity contribution in [3.63, 3.8) is 0 Å². The minimum Gasteiger partial charge on any atom is -0.351 e. The van der Waals surface area contributed by atoms with Crippen LogP contribution in [-0.4, -0.2) is 26.7 Å². The number of aromatic nitrogens is 3. The van der Waals surface area contributed by atoms with E-state index in [4.69, 9.17) is 0 Å². The lowest BCUT2D eigenvalue weighted by molar-refractivity contribution is -0.126. The predicted octanol–water partition coefficient (Wildman–Crippen LogP) is 2.13. The number of nitrogens with zero attached hydrogens (tertiary/aromatic N) is 3. The summed E-state index contributed by atoms with van der Waals surface area (Å²) in [6, 6.07) is 6.26. The van der Waals surface area contributed by atoms with E-state index < -0.39 is 5.41 Å². The van der Waals surface area contributed by atoms with E-state index >= 15 is 0 Å². The molecule has 2 heterocycles. The number of hydrogen-bond donors (Lipinski definition) is 1. The molecule has 0 aliphatic carbocycles. The number of carbonyl (C=O) groups is 1. The van der Waals surface area contributed by atoms with Gasteiger partial charge in [0, 0.05) is 19.0 Å². The molecule has 1 aliphatic rings. The maximum Gasteiger partial charge on any atom is 0.230 e. The fourth-order valence-corrected chi connectivity index (χ4v) is 2.95. The van der Waals surface area contributed by atoms with Gasteiger partial charge in [-0.05, 0) is 44.9 Å². The number of hydrogen-bond acceptors (Lipinski definition) is 3. The van der Waals surface area contributed by atoms with Crippen molar-refractivity contribution < 1.29 is 9.18 Å². The van der Waals surface area contributed by atoms with Gasteiger partial charge in [0.15, 0.2) is 0 Å². The third-order valence-electron chi connectivity index (χ3n) is 4.58. The number of amides is 1. The number of nitrogens with one attached hydrogen (secondary N) is 1. The highest BCUT2D eigenvalue weighted by Gasteiger charge is 2.32. The Bertz CT molecular complexity index is 738. The van der Waals surface area contributed by atoms with Crippen LogP contribution in [0.2, 0.25) is 0 Å². The van der Waals surface area contributed by atoms with E-state index in [-0.39, 0.29) is 17.8 Å². The highest BCUT2D eigenvalue weighted by atomic mass is 19.1. The zero-order valence-electron chi connectivity index (χ0n) is 13.6. The molecule has 1 aromatic heterocycles. The molecule has 0 bridgehead atoms. The Balaban J connectivity index is 1.73. The summed E-state index contributed by atoms with van der Waals surface area (Å²) in [5.41, 5.74) is -0.114. The minimum absolute atomic E-state index is 0.0394. The van der Waals surface area contributed by atoms with E-state index in [0.717, 1.165) is 24.5 Å². The average molecular weight is 316 g/mol. The van der Waals surface area contributed by atoms with Crippen LogP contribution in [-0.2, 0) is 23.2 Å². The van der Waals surface area contributed by atoms with Gasteiger partial charge in [-0.2, -0.15) is 0 Å². The second-order valence-corrected chi connectivity index (χ2v) is 6.62. The Morgan fingerprint density at radius 3 is 2.91 bits per heavy atom. The molecule has 0 saturated heterocycles. The Hall–Kier alpha value is -2.24. The van der Waals surface area contributed by atoms with Crippen LogP contribution >= 0.6 is 0 Å². The topological polar surface area (TPSA) is 59.8 Å². The molecule has 1 amide bonds. The maximum absolute atomic E-state index is 13.4. The van der Waals surface area contributed by atoms with Gasteiger partial charge in [-0.25, -0.2) is 4.39 Å². The Kier molecular flexibility index (Phi) is 3.92. The summed E-state index contributed by atoms with van der Waals surface area (Å²) < 4.78 is 15.5. The smallest absolute Gasteiger partial charge is 0.230 e. The van der Waals surface area contributed by atoms with Gasteiger partial charge in [0.25, 0.3) is 0 Å². The van der Waals surface area contributed by atoms with E-state index in [1.54, 1.807) is 12.1 Å². The molecule has 0 saturated carbocycles. The summed E-state index contributed by atoms with van der Waals surface area (Å²) in [5, 5.41) is 11.3. The van der Waals surface area contributed by atoms with Crippen LogP contribution in [0.5, 0.6) is 0 Å². The van der Waals surface area contributed by atoms with Gasteiger partial charge >= 0.3 is 0 Å². The third-order valence-corrected chi connectivity index (χ3v) is 4.58. The van der Waals surface area contributed by atoms with Crippen LogP contribution in [0, 0.1) is 12.7 Å². The van der Waals surface area contributed by atoms with Gasteiger partial charge in [0.05, 0.1) is 5.41 Å². The largest absolute Gasteiger partial charge is 0.351 e. The van der Waals surface area contributed by atoms with Crippen LogP contribution in [0.25, 0.3) is 0 Å².